The zero-order valence-electron chi connectivity index (χ0n) is 17.4. The molecule has 6 nitrogen and oxygen atoms in total. The summed E-state index contributed by atoms with van der Waals surface area (Å²) in [5.74, 6) is -5.22. The second-order valence-corrected chi connectivity index (χ2v) is 7.19. The summed E-state index contributed by atoms with van der Waals surface area (Å²) in [4.78, 5) is 16.3. The summed E-state index contributed by atoms with van der Waals surface area (Å²) in [6.45, 7) is -1.70. The second-order valence-electron chi connectivity index (χ2n) is 7.19. The molecule has 3 rings (SSSR count). The third-order valence-corrected chi connectivity index (χ3v) is 4.59. The molecule has 11 heteroatoms. The number of hydrogen-bond donors (Lipinski definition) is 2. The van der Waals surface area contributed by atoms with E-state index in [2.05, 4.69) is 20.7 Å². The summed E-state index contributed by atoms with van der Waals surface area (Å²) in [7, 11) is 1.80. The molecule has 0 aliphatic heterocycles. The summed E-state index contributed by atoms with van der Waals surface area (Å²) in [6.07, 6.45) is 4.16. The summed E-state index contributed by atoms with van der Waals surface area (Å²) in [5, 5.41) is 8.87. The third-order valence-electron chi connectivity index (χ3n) is 4.59. The monoisotopic (exact) mass is 465 g/mol. The zero-order valence-corrected chi connectivity index (χ0v) is 17.4. The van der Waals surface area contributed by atoms with Gasteiger partial charge in [-0.15, -0.1) is 0 Å². The number of carbonyl (C=O) groups is 1. The van der Waals surface area contributed by atoms with Gasteiger partial charge in [0.1, 0.15) is 0 Å². The van der Waals surface area contributed by atoms with Crippen molar-refractivity contribution in [3.63, 3.8) is 0 Å². The number of carbonyl (C=O) groups excluding carboxylic acids is 1. The molecule has 2 heterocycles. The van der Waals surface area contributed by atoms with Crippen molar-refractivity contribution >= 4 is 17.7 Å². The molecule has 2 aromatic heterocycles. The van der Waals surface area contributed by atoms with Gasteiger partial charge in [-0.1, -0.05) is 12.1 Å². The number of nitrogens with one attached hydrogen (secondary N) is 2. The van der Waals surface area contributed by atoms with Gasteiger partial charge in [-0.3, -0.25) is 14.5 Å². The smallest absolute Gasteiger partial charge is 0.323 e. The van der Waals surface area contributed by atoms with Crippen molar-refractivity contribution < 1.29 is 26.7 Å². The van der Waals surface area contributed by atoms with Crippen LogP contribution in [0.5, 0.6) is 0 Å². The first-order chi connectivity index (χ1) is 15.5. The molecule has 174 valence electrons. The highest BCUT2D eigenvalue weighted by atomic mass is 19.4. The predicted molar refractivity (Wildman–Crippen MR) is 113 cm³/mol. The van der Waals surface area contributed by atoms with Crippen LogP contribution < -0.4 is 10.6 Å². The fraction of sp³-hybridized carbons (Fsp3) is 0.227. The Morgan fingerprint density at radius 3 is 2.45 bits per heavy atom. The van der Waals surface area contributed by atoms with Gasteiger partial charge in [-0.25, -0.2) is 0 Å². The summed E-state index contributed by atoms with van der Waals surface area (Å²) >= 11 is 0. The van der Waals surface area contributed by atoms with Crippen molar-refractivity contribution in [2.24, 2.45) is 7.05 Å². The number of halogens is 5. The van der Waals surface area contributed by atoms with Gasteiger partial charge in [0.25, 0.3) is 0 Å². The van der Waals surface area contributed by atoms with E-state index in [1.165, 1.54) is 30.3 Å². The molecular formula is C22H20F5N5O. The Hall–Kier alpha value is -3.60. The normalized spacial score (nSPS) is 12.3. The SMILES string of the molecule is Cn1cc(-c2ccncc2/C=C/C(=O)Nc2ccc(CNCC(F)(F)C(F)(F)F)cc2)cn1. The third kappa shape index (κ3) is 6.45. The first-order valence-corrected chi connectivity index (χ1v) is 9.71. The van der Waals surface area contributed by atoms with Crippen LogP contribution in [0.1, 0.15) is 11.1 Å². The number of aryl methyl sites for hydroxylation is 1. The van der Waals surface area contributed by atoms with Crippen LogP contribution in [0, 0.1) is 0 Å². The number of aromatic nitrogens is 3. The Morgan fingerprint density at radius 2 is 1.82 bits per heavy atom. The standard InChI is InChI=1S/C22H20F5N5O/c1-32-13-17(12-30-32)19-8-9-28-11-16(19)4-7-20(33)31-18-5-2-15(3-6-18)10-29-14-21(23,24)22(25,26)27/h2-9,11-13,29H,10,14H2,1H3,(H,31,33)/b7-4+. The molecule has 0 saturated carbocycles. The van der Waals surface area contributed by atoms with Crippen molar-refractivity contribution in [1.29, 1.82) is 0 Å². The Bertz CT molecular complexity index is 1120. The molecule has 0 aliphatic carbocycles. The molecule has 0 aliphatic rings. The van der Waals surface area contributed by atoms with E-state index in [1.807, 2.05) is 12.3 Å². The summed E-state index contributed by atoms with van der Waals surface area (Å²) in [5.41, 5.74) is 3.37. The molecular weight excluding hydrogens is 445 g/mol. The van der Waals surface area contributed by atoms with Gasteiger partial charge in [0.15, 0.2) is 0 Å². The minimum atomic E-state index is -5.60. The van der Waals surface area contributed by atoms with Crippen molar-refractivity contribution in [2.75, 3.05) is 11.9 Å². The van der Waals surface area contributed by atoms with Crippen LogP contribution in [-0.4, -0.2) is 39.3 Å². The lowest BCUT2D eigenvalue weighted by Crippen LogP contribution is -2.45. The lowest BCUT2D eigenvalue weighted by molar-refractivity contribution is -0.279. The molecule has 0 radical (unpaired) electrons. The molecule has 33 heavy (non-hydrogen) atoms. The molecule has 0 fully saturated rings. The molecule has 2 N–H and O–H groups in total. The summed E-state index contributed by atoms with van der Waals surface area (Å²) in [6, 6.07) is 7.89. The average molecular weight is 465 g/mol. The molecule has 0 atom stereocenters. The van der Waals surface area contributed by atoms with Crippen LogP contribution >= 0.6 is 0 Å². The fourth-order valence-electron chi connectivity index (χ4n) is 2.88. The molecule has 0 saturated heterocycles. The minimum absolute atomic E-state index is 0.183. The highest BCUT2D eigenvalue weighted by molar-refractivity contribution is 6.02. The largest absolute Gasteiger partial charge is 0.454 e. The Balaban J connectivity index is 1.56. The van der Waals surface area contributed by atoms with Crippen molar-refractivity contribution in [2.45, 2.75) is 18.6 Å². The van der Waals surface area contributed by atoms with E-state index >= 15 is 0 Å². The van der Waals surface area contributed by atoms with Crippen molar-refractivity contribution in [3.8, 4) is 11.1 Å². The van der Waals surface area contributed by atoms with E-state index in [-0.39, 0.29) is 6.54 Å². The van der Waals surface area contributed by atoms with E-state index in [4.69, 9.17) is 0 Å². The molecule has 0 spiro atoms. The molecule has 1 aromatic carbocycles. The van der Waals surface area contributed by atoms with Crippen molar-refractivity contribution in [3.05, 3.63) is 72.3 Å². The van der Waals surface area contributed by atoms with Crippen LogP contribution in [-0.2, 0) is 18.4 Å². The van der Waals surface area contributed by atoms with Crippen molar-refractivity contribution in [1.82, 2.24) is 20.1 Å². The number of amides is 1. The van der Waals surface area contributed by atoms with E-state index in [9.17, 15) is 26.7 Å². The number of nitrogens with zero attached hydrogens (tertiary/aromatic N) is 3. The second kappa shape index (κ2) is 9.90. The van der Waals surface area contributed by atoms with Crippen LogP contribution in [0.2, 0.25) is 0 Å². The van der Waals surface area contributed by atoms with E-state index < -0.39 is 24.6 Å². The number of anilines is 1. The molecule has 3 aromatic rings. The Kier molecular flexibility index (Phi) is 7.22. The number of benzene rings is 1. The van der Waals surface area contributed by atoms with Gasteiger partial charge in [0.2, 0.25) is 5.91 Å². The first kappa shape index (κ1) is 24.1. The molecule has 0 unspecified atom stereocenters. The van der Waals surface area contributed by atoms with Crippen LogP contribution in [0.4, 0.5) is 27.6 Å². The maximum absolute atomic E-state index is 12.9. The lowest BCUT2D eigenvalue weighted by atomic mass is 10.0. The number of rotatable bonds is 8. The Labute approximate surface area is 186 Å². The number of hydrogen-bond acceptors (Lipinski definition) is 4. The molecule has 0 bridgehead atoms. The highest BCUT2D eigenvalue weighted by Gasteiger charge is 2.56. The van der Waals surface area contributed by atoms with Gasteiger partial charge >= 0.3 is 12.1 Å². The Morgan fingerprint density at radius 1 is 1.09 bits per heavy atom. The average Bonchev–Trinajstić information content (AvgIpc) is 3.19. The highest BCUT2D eigenvalue weighted by Crippen LogP contribution is 2.34. The number of alkyl halides is 5. The maximum Gasteiger partial charge on any atom is 0.454 e. The lowest BCUT2D eigenvalue weighted by Gasteiger charge is -2.19. The first-order valence-electron chi connectivity index (χ1n) is 9.71. The molecule has 1 amide bonds. The van der Waals surface area contributed by atoms with Crippen LogP contribution in [0.25, 0.3) is 17.2 Å². The number of pyridine rings is 1. The minimum Gasteiger partial charge on any atom is -0.323 e. The van der Waals surface area contributed by atoms with Gasteiger partial charge in [0.05, 0.1) is 12.7 Å². The van der Waals surface area contributed by atoms with Crippen LogP contribution in [0.15, 0.2) is 61.2 Å². The van der Waals surface area contributed by atoms with Crippen LogP contribution in [0.3, 0.4) is 0 Å². The quantitative estimate of drug-likeness (QED) is 0.382. The van der Waals surface area contributed by atoms with Gasteiger partial charge < -0.3 is 10.6 Å². The predicted octanol–water partition coefficient (Wildman–Crippen LogP) is 4.42. The van der Waals surface area contributed by atoms with E-state index in [1.54, 1.807) is 36.4 Å². The van der Waals surface area contributed by atoms with E-state index in [0.717, 1.165) is 16.7 Å². The van der Waals surface area contributed by atoms with Gasteiger partial charge in [-0.2, -0.15) is 27.1 Å². The topological polar surface area (TPSA) is 71.8 Å². The van der Waals surface area contributed by atoms with Gasteiger partial charge in [0, 0.05) is 55.1 Å². The summed E-state index contributed by atoms with van der Waals surface area (Å²) < 4.78 is 64.0. The maximum atomic E-state index is 12.9. The van der Waals surface area contributed by atoms with Gasteiger partial charge in [-0.05, 0) is 35.4 Å². The van der Waals surface area contributed by atoms with E-state index in [0.29, 0.717) is 11.3 Å². The zero-order chi connectivity index (χ0) is 24.1. The fourth-order valence-corrected chi connectivity index (χ4v) is 2.88.